The van der Waals surface area contributed by atoms with Crippen LogP contribution in [0.4, 0.5) is 0 Å². The third-order valence-electron chi connectivity index (χ3n) is 5.87. The van der Waals surface area contributed by atoms with Crippen LogP contribution in [0.5, 0.6) is 0 Å². The van der Waals surface area contributed by atoms with E-state index in [1.54, 1.807) is 0 Å². The first-order valence-corrected chi connectivity index (χ1v) is 8.39. The topological polar surface area (TPSA) is 27.3 Å². The molecule has 0 aliphatic carbocycles. The van der Waals surface area contributed by atoms with Gasteiger partial charge in [0.1, 0.15) is 0 Å². The van der Waals surface area contributed by atoms with Crippen molar-refractivity contribution in [3.8, 4) is 0 Å². The van der Waals surface area contributed by atoms with E-state index >= 15 is 0 Å². The molecule has 0 aromatic rings. The lowest BCUT2D eigenvalue weighted by Crippen LogP contribution is -2.62. The first kappa shape index (κ1) is 17.9. The predicted molar refractivity (Wildman–Crippen MR) is 89.2 cm³/mol. The molecule has 0 spiro atoms. The quantitative estimate of drug-likeness (QED) is 0.716. The molecule has 0 aromatic carbocycles. The van der Waals surface area contributed by atoms with E-state index in [9.17, 15) is 0 Å². The van der Waals surface area contributed by atoms with Crippen molar-refractivity contribution in [2.45, 2.75) is 91.0 Å². The van der Waals surface area contributed by atoms with Crippen LogP contribution in [0, 0.1) is 5.92 Å². The Kier molecular flexibility index (Phi) is 6.49. The molecule has 2 fully saturated rings. The van der Waals surface area contributed by atoms with Crippen molar-refractivity contribution in [2.24, 2.45) is 5.92 Å². The Morgan fingerprint density at radius 3 is 1.55 bits per heavy atom. The van der Waals surface area contributed by atoms with Crippen LogP contribution in [0.3, 0.4) is 0 Å². The molecular weight excluding hydrogens is 246 g/mol. The van der Waals surface area contributed by atoms with Gasteiger partial charge in [-0.1, -0.05) is 6.92 Å². The van der Waals surface area contributed by atoms with Crippen molar-refractivity contribution >= 4 is 0 Å². The molecule has 2 N–H and O–H groups in total. The lowest BCUT2D eigenvalue weighted by atomic mass is 9.81. The average molecular weight is 284 g/mol. The molecule has 0 amide bonds. The summed E-state index contributed by atoms with van der Waals surface area (Å²) in [6.07, 6.45) is 2.78. The Hall–Kier alpha value is -0.120. The van der Waals surface area contributed by atoms with E-state index in [1.807, 2.05) is 0 Å². The van der Waals surface area contributed by atoms with E-state index < -0.39 is 0 Å². The molecule has 2 heterocycles. The van der Waals surface area contributed by atoms with E-state index in [4.69, 9.17) is 0 Å². The van der Waals surface area contributed by atoms with Gasteiger partial charge < -0.3 is 15.5 Å². The molecule has 5 atom stereocenters. The monoisotopic (exact) mass is 283 g/mol. The lowest BCUT2D eigenvalue weighted by Gasteiger charge is -2.44. The van der Waals surface area contributed by atoms with E-state index in [0.29, 0.717) is 29.7 Å². The maximum absolute atomic E-state index is 3.52. The lowest BCUT2D eigenvalue weighted by molar-refractivity contribution is 0.0547. The summed E-state index contributed by atoms with van der Waals surface area (Å²) < 4.78 is 0. The van der Waals surface area contributed by atoms with Crippen molar-refractivity contribution in [3.05, 3.63) is 0 Å². The Morgan fingerprint density at radius 2 is 1.25 bits per heavy atom. The molecule has 2 rings (SSSR count). The summed E-state index contributed by atoms with van der Waals surface area (Å²) in [6, 6.07) is 2.41. The molecule has 2 aliphatic heterocycles. The molecule has 0 saturated carbocycles. The van der Waals surface area contributed by atoms with E-state index in [1.165, 1.54) is 19.4 Å². The largest absolute Gasteiger partial charge is 0.309 e. The fourth-order valence-corrected chi connectivity index (χ4v) is 3.06. The van der Waals surface area contributed by atoms with Crippen LogP contribution < -0.4 is 10.6 Å². The van der Waals surface area contributed by atoms with Gasteiger partial charge in [-0.15, -0.1) is 0 Å². The zero-order chi connectivity index (χ0) is 15.5. The van der Waals surface area contributed by atoms with E-state index in [-0.39, 0.29) is 0 Å². The minimum absolute atomic E-state index is 0.429. The molecule has 5 unspecified atom stereocenters. The van der Waals surface area contributed by atoms with Gasteiger partial charge in [0.15, 0.2) is 0 Å². The summed E-state index contributed by atoms with van der Waals surface area (Å²) >= 11 is 0. The third-order valence-corrected chi connectivity index (χ3v) is 5.87. The fourth-order valence-electron chi connectivity index (χ4n) is 3.06. The van der Waals surface area contributed by atoms with Crippen molar-refractivity contribution < 1.29 is 0 Å². The van der Waals surface area contributed by atoms with Crippen LogP contribution in [0.15, 0.2) is 0 Å². The second kappa shape index (κ2) is 7.24. The number of piperazine rings is 1. The summed E-state index contributed by atoms with van der Waals surface area (Å²) in [5, 5.41) is 7.03. The smallest absolute Gasteiger partial charge is 0.0193 e. The molecule has 3 nitrogen and oxygen atoms in total. The zero-order valence-corrected chi connectivity index (χ0v) is 15.0. The van der Waals surface area contributed by atoms with Gasteiger partial charge in [0.25, 0.3) is 0 Å². The van der Waals surface area contributed by atoms with Gasteiger partial charge in [-0.25, -0.2) is 0 Å². The first-order chi connectivity index (χ1) is 9.16. The van der Waals surface area contributed by atoms with Crippen LogP contribution in [0.25, 0.3) is 0 Å². The maximum atomic E-state index is 3.52. The SMILES string of the molecule is CC1CCCN(C)C1(C)C.CC1NC(C)C(C)NC1C. The minimum atomic E-state index is 0.429. The zero-order valence-electron chi connectivity index (χ0n) is 15.0. The molecule has 2 aliphatic rings. The highest BCUT2D eigenvalue weighted by atomic mass is 15.2. The molecule has 0 bridgehead atoms. The predicted octanol–water partition coefficient (Wildman–Crippen LogP) is 2.86. The molecule has 2 saturated heterocycles. The van der Waals surface area contributed by atoms with Crippen molar-refractivity contribution in [1.29, 1.82) is 0 Å². The third kappa shape index (κ3) is 4.44. The van der Waals surface area contributed by atoms with Crippen LogP contribution in [0.2, 0.25) is 0 Å². The van der Waals surface area contributed by atoms with Gasteiger partial charge in [0.2, 0.25) is 0 Å². The standard InChI is InChI=1S/C9H19N.C8H18N2/c1-8-6-5-7-10(4)9(8,2)3;1-5-6(2)10-8(4)7(3)9-5/h8H,5-7H2,1-4H3;5-10H,1-4H3. The Balaban J connectivity index is 0.000000200. The number of nitrogens with zero attached hydrogens (tertiary/aromatic N) is 1. The average Bonchev–Trinajstić information content (AvgIpc) is 2.35. The number of nitrogens with one attached hydrogen (secondary N) is 2. The van der Waals surface area contributed by atoms with Gasteiger partial charge in [0.05, 0.1) is 0 Å². The van der Waals surface area contributed by atoms with Crippen LogP contribution in [-0.2, 0) is 0 Å². The normalized spacial score (nSPS) is 41.7. The van der Waals surface area contributed by atoms with Gasteiger partial charge in [0, 0.05) is 29.7 Å². The highest BCUT2D eigenvalue weighted by Crippen LogP contribution is 2.31. The molecule has 0 radical (unpaired) electrons. The van der Waals surface area contributed by atoms with E-state index in [2.05, 4.69) is 71.0 Å². The highest BCUT2D eigenvalue weighted by molar-refractivity contribution is 4.90. The Labute approximate surface area is 126 Å². The second-order valence-electron chi connectivity index (χ2n) is 7.61. The summed E-state index contributed by atoms with van der Waals surface area (Å²) in [7, 11) is 2.23. The number of rotatable bonds is 0. The van der Waals surface area contributed by atoms with Crippen molar-refractivity contribution in [1.82, 2.24) is 15.5 Å². The summed E-state index contributed by atoms with van der Waals surface area (Å²) in [4.78, 5) is 2.47. The summed E-state index contributed by atoms with van der Waals surface area (Å²) in [5.74, 6) is 0.853. The number of piperidine rings is 1. The molecule has 120 valence electrons. The van der Waals surface area contributed by atoms with Gasteiger partial charge in [-0.3, -0.25) is 0 Å². The number of hydrogen-bond acceptors (Lipinski definition) is 3. The van der Waals surface area contributed by atoms with Crippen LogP contribution in [-0.4, -0.2) is 48.2 Å². The molecule has 0 aromatic heterocycles. The maximum Gasteiger partial charge on any atom is 0.0193 e. The molecule has 20 heavy (non-hydrogen) atoms. The fraction of sp³-hybridized carbons (Fsp3) is 1.00. The van der Waals surface area contributed by atoms with E-state index in [0.717, 1.165) is 5.92 Å². The van der Waals surface area contributed by atoms with Gasteiger partial charge in [-0.05, 0) is 73.9 Å². The number of hydrogen-bond donors (Lipinski definition) is 2. The summed E-state index contributed by atoms with van der Waals surface area (Å²) in [5.41, 5.74) is 0.429. The minimum Gasteiger partial charge on any atom is -0.309 e. The van der Waals surface area contributed by atoms with Gasteiger partial charge >= 0.3 is 0 Å². The first-order valence-electron chi connectivity index (χ1n) is 8.39. The van der Waals surface area contributed by atoms with Crippen molar-refractivity contribution in [2.75, 3.05) is 13.6 Å². The van der Waals surface area contributed by atoms with Gasteiger partial charge in [-0.2, -0.15) is 0 Å². The molecular formula is C17H37N3. The summed E-state index contributed by atoms with van der Waals surface area (Å²) in [6.45, 7) is 17.2. The van der Waals surface area contributed by atoms with Crippen LogP contribution >= 0.6 is 0 Å². The molecule has 3 heteroatoms. The highest BCUT2D eigenvalue weighted by Gasteiger charge is 2.32. The number of likely N-dealkylation sites (tertiary alicyclic amines) is 1. The van der Waals surface area contributed by atoms with Crippen molar-refractivity contribution in [3.63, 3.8) is 0 Å². The Morgan fingerprint density at radius 1 is 0.850 bits per heavy atom. The Bertz CT molecular complexity index is 252. The van der Waals surface area contributed by atoms with Crippen LogP contribution in [0.1, 0.15) is 61.3 Å². The second-order valence-corrected chi connectivity index (χ2v) is 7.61.